The third-order valence-corrected chi connectivity index (χ3v) is 6.97. The van der Waals surface area contributed by atoms with Crippen LogP contribution >= 0.6 is 11.8 Å². The van der Waals surface area contributed by atoms with E-state index in [9.17, 15) is 14.4 Å². The molecule has 3 aromatic rings. The molecule has 2 aliphatic heterocycles. The Labute approximate surface area is 202 Å². The van der Waals surface area contributed by atoms with Crippen molar-refractivity contribution in [3.8, 4) is 0 Å². The lowest BCUT2D eigenvalue weighted by Gasteiger charge is -2.29. The Bertz CT molecular complexity index is 1230. The minimum atomic E-state index is -0.949. The number of hydrogen-bond donors (Lipinski definition) is 0. The van der Waals surface area contributed by atoms with Crippen molar-refractivity contribution in [1.82, 2.24) is 9.80 Å². The molecule has 1 saturated heterocycles. The van der Waals surface area contributed by atoms with E-state index in [1.54, 1.807) is 29.2 Å². The number of imide groups is 1. The van der Waals surface area contributed by atoms with E-state index in [0.29, 0.717) is 29.4 Å². The van der Waals surface area contributed by atoms with Crippen LogP contribution in [0.25, 0.3) is 0 Å². The van der Waals surface area contributed by atoms with Gasteiger partial charge in [-0.3, -0.25) is 29.2 Å². The lowest BCUT2D eigenvalue weighted by Crippen LogP contribution is -2.52. The van der Waals surface area contributed by atoms with E-state index in [2.05, 4.69) is 4.99 Å². The van der Waals surface area contributed by atoms with E-state index in [1.807, 2.05) is 60.7 Å². The van der Waals surface area contributed by atoms with Gasteiger partial charge >= 0.3 is 0 Å². The molecule has 3 aromatic carbocycles. The summed E-state index contributed by atoms with van der Waals surface area (Å²) in [6, 6.07) is 25.1. The number of hydrogen-bond acceptors (Lipinski definition) is 5. The second kappa shape index (κ2) is 9.65. The first-order chi connectivity index (χ1) is 16.6. The minimum absolute atomic E-state index is 0.248. The summed E-state index contributed by atoms with van der Waals surface area (Å²) in [5.41, 5.74) is 2.61. The van der Waals surface area contributed by atoms with E-state index in [0.717, 1.165) is 21.8 Å². The topological polar surface area (TPSA) is 70.1 Å². The molecule has 3 amide bonds. The van der Waals surface area contributed by atoms with Gasteiger partial charge in [0.25, 0.3) is 17.7 Å². The largest absolute Gasteiger partial charge is 0.289 e. The van der Waals surface area contributed by atoms with Crippen LogP contribution in [0, 0.1) is 0 Å². The number of thioether (sulfide) groups is 1. The summed E-state index contributed by atoms with van der Waals surface area (Å²) in [7, 11) is 0. The van der Waals surface area contributed by atoms with Crippen LogP contribution in [-0.2, 0) is 17.8 Å². The third kappa shape index (κ3) is 4.26. The highest BCUT2D eigenvalue weighted by Gasteiger charge is 2.45. The summed E-state index contributed by atoms with van der Waals surface area (Å²) < 4.78 is 0. The van der Waals surface area contributed by atoms with E-state index in [-0.39, 0.29) is 12.3 Å². The van der Waals surface area contributed by atoms with Gasteiger partial charge in [-0.2, -0.15) is 0 Å². The van der Waals surface area contributed by atoms with E-state index in [1.165, 1.54) is 11.8 Å². The molecule has 0 N–H and O–H groups in total. The first-order valence-corrected chi connectivity index (χ1v) is 12.2. The quantitative estimate of drug-likeness (QED) is 0.511. The predicted molar refractivity (Wildman–Crippen MR) is 133 cm³/mol. The summed E-state index contributed by atoms with van der Waals surface area (Å²) >= 11 is 1.52. The Morgan fingerprint density at radius 1 is 0.824 bits per heavy atom. The number of carbonyl (C=O) groups excluding carboxylic acids is 3. The lowest BCUT2D eigenvalue weighted by molar-refractivity contribution is -0.131. The molecule has 1 atom stereocenters. The van der Waals surface area contributed by atoms with Gasteiger partial charge in [0.2, 0.25) is 0 Å². The smallest absolute Gasteiger partial charge is 0.262 e. The van der Waals surface area contributed by atoms with Gasteiger partial charge in [-0.1, -0.05) is 84.6 Å². The zero-order valence-electron chi connectivity index (χ0n) is 18.5. The van der Waals surface area contributed by atoms with Crippen LogP contribution in [0.3, 0.4) is 0 Å². The molecule has 1 fully saturated rings. The van der Waals surface area contributed by atoms with E-state index < -0.39 is 17.9 Å². The predicted octanol–water partition coefficient (Wildman–Crippen LogP) is 4.03. The molecule has 7 heteroatoms. The molecule has 0 spiro atoms. The van der Waals surface area contributed by atoms with Crippen LogP contribution in [0.1, 0.15) is 31.8 Å². The summed E-state index contributed by atoms with van der Waals surface area (Å²) in [6.45, 7) is 0.953. The Morgan fingerprint density at radius 3 is 2.00 bits per heavy atom. The SMILES string of the molecule is O=C([C@@H](Cc1ccccc1)N1C(=O)c2ccccc2C1=O)N1CCSC1=NCc1ccccc1. The van der Waals surface area contributed by atoms with Crippen molar-refractivity contribution < 1.29 is 14.4 Å². The highest BCUT2D eigenvalue weighted by Crippen LogP contribution is 2.29. The normalized spacial score (nSPS) is 17.4. The van der Waals surface area contributed by atoms with Crippen LogP contribution in [-0.4, -0.2) is 51.0 Å². The van der Waals surface area contributed by atoms with E-state index >= 15 is 0 Å². The highest BCUT2D eigenvalue weighted by molar-refractivity contribution is 8.14. The average molecular weight is 470 g/mol. The molecule has 0 radical (unpaired) electrons. The number of amides is 3. The Kier molecular flexibility index (Phi) is 6.27. The van der Waals surface area contributed by atoms with Gasteiger partial charge in [0.05, 0.1) is 17.7 Å². The van der Waals surface area contributed by atoms with Crippen LogP contribution < -0.4 is 0 Å². The van der Waals surface area contributed by atoms with Crippen molar-refractivity contribution >= 4 is 34.7 Å². The fourth-order valence-corrected chi connectivity index (χ4v) is 5.23. The summed E-state index contributed by atoms with van der Waals surface area (Å²) in [6.07, 6.45) is 0.248. The summed E-state index contributed by atoms with van der Waals surface area (Å²) in [5.74, 6) is -0.413. The highest BCUT2D eigenvalue weighted by atomic mass is 32.2. The molecule has 0 saturated carbocycles. The molecule has 2 heterocycles. The van der Waals surface area contributed by atoms with Crippen LogP contribution in [0.15, 0.2) is 89.9 Å². The first kappa shape index (κ1) is 22.1. The second-order valence-corrected chi connectivity index (χ2v) is 9.22. The number of carbonyl (C=O) groups is 3. The van der Waals surface area contributed by atoms with Crippen molar-refractivity contribution in [2.45, 2.75) is 19.0 Å². The Balaban J connectivity index is 1.46. The number of nitrogens with zero attached hydrogens (tertiary/aromatic N) is 3. The summed E-state index contributed by atoms with van der Waals surface area (Å²) in [5, 5.41) is 0.628. The summed E-state index contributed by atoms with van der Waals surface area (Å²) in [4.78, 5) is 47.8. The molecule has 6 nitrogen and oxygen atoms in total. The standard InChI is InChI=1S/C27H23N3O3S/c31-24-21-13-7-8-14-22(21)25(32)30(24)23(17-19-9-3-1-4-10-19)26(33)29-15-16-34-27(29)28-18-20-11-5-2-6-12-20/h1-14,23H,15-18H2/t23-/m1/s1. The van der Waals surface area contributed by atoms with Crippen molar-refractivity contribution in [1.29, 1.82) is 0 Å². The monoisotopic (exact) mass is 469 g/mol. The lowest BCUT2D eigenvalue weighted by atomic mass is 10.0. The van der Waals surface area contributed by atoms with Crippen molar-refractivity contribution in [3.05, 3.63) is 107 Å². The molecule has 0 aromatic heterocycles. The minimum Gasteiger partial charge on any atom is -0.289 e. The molecule has 5 rings (SSSR count). The molecule has 0 bridgehead atoms. The fraction of sp³-hybridized carbons (Fsp3) is 0.185. The third-order valence-electron chi connectivity index (χ3n) is 5.98. The number of benzene rings is 3. The van der Waals surface area contributed by atoms with Gasteiger partial charge in [0.1, 0.15) is 6.04 Å². The number of fused-ring (bicyclic) bond motifs is 1. The van der Waals surface area contributed by atoms with Crippen molar-refractivity contribution in [3.63, 3.8) is 0 Å². The van der Waals surface area contributed by atoms with Gasteiger partial charge in [0.15, 0.2) is 5.17 Å². The maximum Gasteiger partial charge on any atom is 0.262 e. The molecule has 34 heavy (non-hydrogen) atoms. The number of amidine groups is 1. The zero-order chi connectivity index (χ0) is 23.5. The molecule has 2 aliphatic rings. The molecule has 170 valence electrons. The first-order valence-electron chi connectivity index (χ1n) is 11.2. The van der Waals surface area contributed by atoms with Crippen molar-refractivity contribution in [2.24, 2.45) is 4.99 Å². The molecular weight excluding hydrogens is 446 g/mol. The van der Waals surface area contributed by atoms with Gasteiger partial charge in [-0.25, -0.2) is 0 Å². The van der Waals surface area contributed by atoms with Crippen LogP contribution in [0.2, 0.25) is 0 Å². The Hall–Kier alpha value is -3.71. The van der Waals surface area contributed by atoms with Gasteiger partial charge in [0, 0.05) is 18.7 Å². The maximum atomic E-state index is 13.9. The van der Waals surface area contributed by atoms with Crippen LogP contribution in [0.5, 0.6) is 0 Å². The van der Waals surface area contributed by atoms with Crippen molar-refractivity contribution in [2.75, 3.05) is 12.3 Å². The Morgan fingerprint density at radius 2 is 1.38 bits per heavy atom. The van der Waals surface area contributed by atoms with E-state index in [4.69, 9.17) is 0 Å². The van der Waals surface area contributed by atoms with Gasteiger partial charge in [-0.15, -0.1) is 0 Å². The van der Waals surface area contributed by atoms with Gasteiger partial charge < -0.3 is 0 Å². The second-order valence-electron chi connectivity index (χ2n) is 8.15. The fourth-order valence-electron chi connectivity index (χ4n) is 4.28. The molecular formula is C27H23N3O3S. The number of aliphatic imine (C=N–C) groups is 1. The molecule has 0 aliphatic carbocycles. The maximum absolute atomic E-state index is 13.9. The number of rotatable bonds is 6. The van der Waals surface area contributed by atoms with Crippen LogP contribution in [0.4, 0.5) is 0 Å². The zero-order valence-corrected chi connectivity index (χ0v) is 19.3. The van der Waals surface area contributed by atoms with Gasteiger partial charge in [-0.05, 0) is 23.3 Å². The average Bonchev–Trinajstić information content (AvgIpc) is 3.45. The molecule has 0 unspecified atom stereocenters.